The Morgan fingerprint density at radius 2 is 1.92 bits per heavy atom. The molecule has 0 bridgehead atoms. The Kier molecular flexibility index (Phi) is 11.2. The number of guanidine groups is 1. The molecule has 0 aromatic heterocycles. The van der Waals surface area contributed by atoms with Gasteiger partial charge >= 0.3 is 0 Å². The van der Waals surface area contributed by atoms with E-state index in [1.165, 1.54) is 4.90 Å². The molecule has 1 heterocycles. The van der Waals surface area contributed by atoms with Crippen LogP contribution < -0.4 is 10.6 Å². The van der Waals surface area contributed by atoms with Crippen LogP contribution >= 0.6 is 47.5 Å². The summed E-state index contributed by atoms with van der Waals surface area (Å²) in [6, 6.07) is 10.5. The van der Waals surface area contributed by atoms with Gasteiger partial charge < -0.3 is 15.4 Å². The Labute approximate surface area is 171 Å². The van der Waals surface area contributed by atoms with Gasteiger partial charge in [0.2, 0.25) is 0 Å². The first-order valence-electron chi connectivity index (χ1n) is 8.03. The van der Waals surface area contributed by atoms with Crippen molar-refractivity contribution < 1.29 is 4.74 Å². The number of hydrogen-bond acceptors (Lipinski definition) is 4. The number of hydrogen-bond donors (Lipinski definition) is 2. The second-order valence-electron chi connectivity index (χ2n) is 5.51. The van der Waals surface area contributed by atoms with Crippen LogP contribution in [0.3, 0.4) is 0 Å². The molecular formula is C17H28IN3OS2. The van der Waals surface area contributed by atoms with Crippen molar-refractivity contribution in [3.63, 3.8) is 0 Å². The summed E-state index contributed by atoms with van der Waals surface area (Å²) in [5.41, 5.74) is 0. The zero-order valence-electron chi connectivity index (χ0n) is 14.4. The zero-order chi connectivity index (χ0) is 16.4. The molecule has 0 radical (unpaired) electrons. The molecule has 1 saturated heterocycles. The molecule has 1 aliphatic rings. The van der Waals surface area contributed by atoms with Gasteiger partial charge in [-0.15, -0.1) is 35.7 Å². The largest absolute Gasteiger partial charge is 0.381 e. The minimum Gasteiger partial charge on any atom is -0.381 e. The van der Waals surface area contributed by atoms with Crippen LogP contribution in [-0.2, 0) is 4.74 Å². The molecule has 4 nitrogen and oxygen atoms in total. The lowest BCUT2D eigenvalue weighted by molar-refractivity contribution is 0.0783. The van der Waals surface area contributed by atoms with Crippen LogP contribution in [0.2, 0.25) is 0 Å². The van der Waals surface area contributed by atoms with Crippen LogP contribution in [0.15, 0.2) is 40.2 Å². The molecule has 7 heteroatoms. The molecule has 2 rings (SSSR count). The Hall–Kier alpha value is -0.120. The van der Waals surface area contributed by atoms with Crippen molar-refractivity contribution in [1.29, 1.82) is 0 Å². The molecule has 2 N–H and O–H groups in total. The maximum atomic E-state index is 5.49. The van der Waals surface area contributed by atoms with E-state index in [0.717, 1.165) is 50.9 Å². The monoisotopic (exact) mass is 481 g/mol. The van der Waals surface area contributed by atoms with Crippen LogP contribution in [-0.4, -0.2) is 56.1 Å². The summed E-state index contributed by atoms with van der Waals surface area (Å²) < 4.78 is 5.76. The summed E-state index contributed by atoms with van der Waals surface area (Å²) in [5, 5.41) is 6.88. The topological polar surface area (TPSA) is 45.7 Å². The fraction of sp³-hybridized carbons (Fsp3) is 0.588. The first-order chi connectivity index (χ1) is 11.3. The lowest BCUT2D eigenvalue weighted by Gasteiger charge is -2.36. The molecule has 1 aliphatic heterocycles. The van der Waals surface area contributed by atoms with Gasteiger partial charge in [0.15, 0.2) is 5.96 Å². The Balaban J connectivity index is 0.00000288. The van der Waals surface area contributed by atoms with E-state index >= 15 is 0 Å². The van der Waals surface area contributed by atoms with Gasteiger partial charge in [-0.2, -0.15) is 11.8 Å². The van der Waals surface area contributed by atoms with Gasteiger partial charge in [-0.05, 0) is 31.2 Å². The average molecular weight is 481 g/mol. The van der Waals surface area contributed by atoms with Crippen molar-refractivity contribution in [3.8, 4) is 0 Å². The summed E-state index contributed by atoms with van der Waals surface area (Å²) in [6.45, 7) is 3.56. The van der Waals surface area contributed by atoms with Gasteiger partial charge in [0.25, 0.3) is 0 Å². The van der Waals surface area contributed by atoms with Crippen LogP contribution in [0.4, 0.5) is 0 Å². The first-order valence-corrected chi connectivity index (χ1v) is 10.2. The zero-order valence-corrected chi connectivity index (χ0v) is 18.4. The van der Waals surface area contributed by atoms with Crippen molar-refractivity contribution in [1.82, 2.24) is 10.6 Å². The number of rotatable bonds is 7. The highest BCUT2D eigenvalue weighted by Crippen LogP contribution is 2.32. The quantitative estimate of drug-likeness (QED) is 0.205. The van der Waals surface area contributed by atoms with E-state index in [-0.39, 0.29) is 28.7 Å². The number of nitrogens with one attached hydrogen (secondary N) is 2. The number of nitrogens with zero attached hydrogens (tertiary/aromatic N) is 1. The fourth-order valence-corrected chi connectivity index (χ4v) is 4.10. The lowest BCUT2D eigenvalue weighted by Crippen LogP contribution is -2.48. The SMILES string of the molecule is CN=C(NCCSc1ccccc1)NCC1(SC)CCOCC1.I. The average Bonchev–Trinajstić information content (AvgIpc) is 2.63. The number of benzene rings is 1. The third-order valence-corrected chi connectivity index (χ3v) is 6.48. The third-order valence-electron chi connectivity index (χ3n) is 4.05. The summed E-state index contributed by atoms with van der Waals surface area (Å²) in [4.78, 5) is 5.63. The Bertz CT molecular complexity index is 482. The van der Waals surface area contributed by atoms with Crippen molar-refractivity contribution in [2.75, 3.05) is 45.4 Å². The number of aliphatic imine (C=N–C) groups is 1. The fourth-order valence-electron chi connectivity index (χ4n) is 2.52. The molecule has 0 unspecified atom stereocenters. The molecule has 0 aliphatic carbocycles. The van der Waals surface area contributed by atoms with Crippen molar-refractivity contribution >= 4 is 53.5 Å². The predicted octanol–water partition coefficient (Wildman–Crippen LogP) is 3.47. The van der Waals surface area contributed by atoms with Gasteiger partial charge in [-0.1, -0.05) is 18.2 Å². The normalized spacial score (nSPS) is 17.0. The highest BCUT2D eigenvalue weighted by Gasteiger charge is 2.31. The molecule has 136 valence electrons. The first kappa shape index (κ1) is 21.9. The van der Waals surface area contributed by atoms with Crippen LogP contribution in [0, 0.1) is 0 Å². The summed E-state index contributed by atoms with van der Waals surface area (Å²) in [7, 11) is 1.83. The molecule has 0 saturated carbocycles. The second-order valence-corrected chi connectivity index (χ2v) is 7.96. The summed E-state index contributed by atoms with van der Waals surface area (Å²) in [6.07, 6.45) is 4.39. The molecule has 1 aromatic carbocycles. The van der Waals surface area contributed by atoms with Gasteiger partial charge in [0, 0.05) is 48.7 Å². The van der Waals surface area contributed by atoms with E-state index in [1.54, 1.807) is 0 Å². The maximum absolute atomic E-state index is 5.49. The van der Waals surface area contributed by atoms with Crippen LogP contribution in [0.5, 0.6) is 0 Å². The van der Waals surface area contributed by atoms with Crippen molar-refractivity contribution in [3.05, 3.63) is 30.3 Å². The third kappa shape index (κ3) is 7.41. The van der Waals surface area contributed by atoms with E-state index < -0.39 is 0 Å². The molecule has 0 amide bonds. The van der Waals surface area contributed by atoms with Crippen molar-refractivity contribution in [2.24, 2.45) is 4.99 Å². The number of halogens is 1. The minimum atomic E-state index is 0. The summed E-state index contributed by atoms with van der Waals surface area (Å²) >= 11 is 3.80. The Morgan fingerprint density at radius 1 is 1.21 bits per heavy atom. The smallest absolute Gasteiger partial charge is 0.191 e. The predicted molar refractivity (Wildman–Crippen MR) is 118 cm³/mol. The number of thioether (sulfide) groups is 2. The maximum Gasteiger partial charge on any atom is 0.191 e. The molecule has 1 aromatic rings. The van der Waals surface area contributed by atoms with Crippen LogP contribution in [0.25, 0.3) is 0 Å². The molecule has 0 spiro atoms. The molecule has 24 heavy (non-hydrogen) atoms. The van der Waals surface area contributed by atoms with E-state index in [2.05, 4.69) is 46.1 Å². The van der Waals surface area contributed by atoms with Gasteiger partial charge in [0.1, 0.15) is 0 Å². The van der Waals surface area contributed by atoms with E-state index in [0.29, 0.717) is 0 Å². The van der Waals surface area contributed by atoms with Gasteiger partial charge in [0.05, 0.1) is 0 Å². The lowest BCUT2D eigenvalue weighted by atomic mass is 9.99. The van der Waals surface area contributed by atoms with E-state index in [4.69, 9.17) is 4.74 Å². The van der Waals surface area contributed by atoms with E-state index in [1.807, 2.05) is 36.6 Å². The van der Waals surface area contributed by atoms with Gasteiger partial charge in [-0.25, -0.2) is 0 Å². The minimum absolute atomic E-state index is 0. The van der Waals surface area contributed by atoms with Crippen molar-refractivity contribution in [2.45, 2.75) is 22.5 Å². The molecular weight excluding hydrogens is 453 g/mol. The highest BCUT2D eigenvalue weighted by molar-refractivity contribution is 14.0. The molecule has 0 atom stereocenters. The number of ether oxygens (including phenoxy) is 1. The van der Waals surface area contributed by atoms with Gasteiger partial charge in [-0.3, -0.25) is 4.99 Å². The summed E-state index contributed by atoms with van der Waals surface area (Å²) in [5.74, 6) is 1.91. The highest BCUT2D eigenvalue weighted by atomic mass is 127. The molecule has 1 fully saturated rings. The van der Waals surface area contributed by atoms with Crippen LogP contribution in [0.1, 0.15) is 12.8 Å². The standard InChI is InChI=1S/C17H27N3OS2.HI/c1-18-16(19-10-13-23-15-6-4-3-5-7-15)20-14-17(22-2)8-11-21-12-9-17;/h3-7H,8-14H2,1-2H3,(H2,18,19,20);1H. The van der Waals surface area contributed by atoms with E-state index in [9.17, 15) is 0 Å². The Morgan fingerprint density at radius 3 is 2.54 bits per heavy atom. The second kappa shape index (κ2) is 12.3.